The third-order valence-corrected chi connectivity index (χ3v) is 6.13. The van der Waals surface area contributed by atoms with Crippen LogP contribution in [0.4, 0.5) is 16.0 Å². The molecule has 1 saturated heterocycles. The van der Waals surface area contributed by atoms with Crippen LogP contribution < -0.4 is 9.62 Å². The topological polar surface area (TPSA) is 50.3 Å². The quantitative estimate of drug-likeness (QED) is 0.518. The zero-order chi connectivity index (χ0) is 21.1. The smallest absolute Gasteiger partial charge is 0.136 e. The van der Waals surface area contributed by atoms with Gasteiger partial charge in [-0.05, 0) is 61.7 Å². The van der Waals surface area contributed by atoms with Crippen molar-refractivity contribution in [2.75, 3.05) is 29.4 Å². The van der Waals surface area contributed by atoms with E-state index >= 15 is 0 Å². The van der Waals surface area contributed by atoms with E-state index < -0.39 is 0 Å². The molecule has 3 aromatic rings. The summed E-state index contributed by atoms with van der Waals surface area (Å²) < 4.78 is 22.7. The fourth-order valence-corrected chi connectivity index (χ4v) is 4.19. The Morgan fingerprint density at radius 1 is 1.27 bits per heavy atom. The molecule has 0 aliphatic carbocycles. The molecule has 1 fully saturated rings. The first-order valence-corrected chi connectivity index (χ1v) is 10.9. The number of anilines is 2. The summed E-state index contributed by atoms with van der Waals surface area (Å²) in [7, 11) is 0. The molecule has 1 aromatic carbocycles. The molecule has 3 heterocycles. The van der Waals surface area contributed by atoms with Crippen molar-refractivity contribution in [1.82, 2.24) is 9.97 Å². The summed E-state index contributed by atoms with van der Waals surface area (Å²) in [6.45, 7) is 6.09. The highest BCUT2D eigenvalue weighted by Crippen LogP contribution is 2.32. The van der Waals surface area contributed by atoms with Crippen LogP contribution in [-0.2, 0) is 4.74 Å². The molecule has 0 radical (unpaired) electrons. The summed E-state index contributed by atoms with van der Waals surface area (Å²) in [6, 6.07) is 12.8. The first kappa shape index (κ1) is 20.9. The number of pyridine rings is 2. The average Bonchev–Trinajstić information content (AvgIpc) is 2.76. The van der Waals surface area contributed by atoms with Crippen LogP contribution in [0.3, 0.4) is 0 Å². The number of hydrogen-bond acceptors (Lipinski definition) is 6. The second-order valence-corrected chi connectivity index (χ2v) is 8.40. The van der Waals surface area contributed by atoms with E-state index in [0.717, 1.165) is 17.3 Å². The highest BCUT2D eigenvalue weighted by atomic mass is 35.5. The molecule has 156 valence electrons. The number of halogens is 2. The SMILES string of the molecule is Cc1c(F)cccc1-c1nc(NSc2ccnc(N3CCOCC3C)c2)ccc1Cl. The van der Waals surface area contributed by atoms with Gasteiger partial charge in [-0.2, -0.15) is 0 Å². The predicted molar refractivity (Wildman–Crippen MR) is 121 cm³/mol. The Morgan fingerprint density at radius 2 is 2.13 bits per heavy atom. The third-order valence-electron chi connectivity index (χ3n) is 5.02. The summed E-state index contributed by atoms with van der Waals surface area (Å²) in [6.07, 6.45) is 1.80. The molecule has 0 bridgehead atoms. The number of nitrogens with one attached hydrogen (secondary N) is 1. The Labute approximate surface area is 184 Å². The molecule has 1 unspecified atom stereocenters. The Hall–Kier alpha value is -2.35. The highest BCUT2D eigenvalue weighted by Gasteiger charge is 2.20. The number of rotatable bonds is 5. The molecule has 8 heteroatoms. The van der Waals surface area contributed by atoms with Crippen molar-refractivity contribution in [3.05, 3.63) is 65.1 Å². The minimum absolute atomic E-state index is 0.278. The fraction of sp³-hybridized carbons (Fsp3) is 0.273. The Bertz CT molecular complexity index is 1050. The molecule has 0 amide bonds. The van der Waals surface area contributed by atoms with E-state index in [1.54, 1.807) is 31.3 Å². The summed E-state index contributed by atoms with van der Waals surface area (Å²) in [5, 5.41) is 0.478. The van der Waals surface area contributed by atoms with Gasteiger partial charge in [-0.1, -0.05) is 23.7 Å². The van der Waals surface area contributed by atoms with Crippen molar-refractivity contribution in [2.45, 2.75) is 24.8 Å². The van der Waals surface area contributed by atoms with Crippen molar-refractivity contribution in [3.63, 3.8) is 0 Å². The first-order valence-electron chi connectivity index (χ1n) is 9.68. The lowest BCUT2D eigenvalue weighted by Gasteiger charge is -2.34. The monoisotopic (exact) mass is 444 g/mol. The lowest BCUT2D eigenvalue weighted by Crippen LogP contribution is -2.44. The van der Waals surface area contributed by atoms with Gasteiger partial charge in [-0.25, -0.2) is 14.4 Å². The molecule has 5 nitrogen and oxygen atoms in total. The molecule has 30 heavy (non-hydrogen) atoms. The van der Waals surface area contributed by atoms with Gasteiger partial charge in [0.2, 0.25) is 0 Å². The van der Waals surface area contributed by atoms with E-state index in [4.69, 9.17) is 16.3 Å². The van der Waals surface area contributed by atoms with Crippen LogP contribution in [-0.4, -0.2) is 35.8 Å². The van der Waals surface area contributed by atoms with E-state index in [0.29, 0.717) is 40.9 Å². The number of aromatic nitrogens is 2. The summed E-state index contributed by atoms with van der Waals surface area (Å²) in [5.74, 6) is 1.29. The molecule has 0 saturated carbocycles. The van der Waals surface area contributed by atoms with Crippen LogP contribution >= 0.6 is 23.5 Å². The molecule has 2 aromatic heterocycles. The minimum atomic E-state index is -0.278. The maximum absolute atomic E-state index is 14.0. The molecule has 1 aliphatic rings. The van der Waals surface area contributed by atoms with Gasteiger partial charge in [0.1, 0.15) is 17.5 Å². The zero-order valence-corrected chi connectivity index (χ0v) is 18.3. The Morgan fingerprint density at radius 3 is 2.97 bits per heavy atom. The van der Waals surface area contributed by atoms with Gasteiger partial charge >= 0.3 is 0 Å². The molecule has 1 aliphatic heterocycles. The number of hydrogen-bond donors (Lipinski definition) is 1. The summed E-state index contributed by atoms with van der Waals surface area (Å²) in [4.78, 5) is 12.4. The largest absolute Gasteiger partial charge is 0.377 e. The first-order chi connectivity index (χ1) is 14.5. The second kappa shape index (κ2) is 9.20. The maximum Gasteiger partial charge on any atom is 0.136 e. The van der Waals surface area contributed by atoms with E-state index in [1.165, 1.54) is 18.0 Å². The average molecular weight is 445 g/mol. The molecule has 0 spiro atoms. The second-order valence-electron chi connectivity index (χ2n) is 7.11. The van der Waals surface area contributed by atoms with Crippen LogP contribution in [0.2, 0.25) is 5.02 Å². The highest BCUT2D eigenvalue weighted by molar-refractivity contribution is 8.00. The van der Waals surface area contributed by atoms with Crippen LogP contribution in [0.5, 0.6) is 0 Å². The third kappa shape index (κ3) is 4.53. The van der Waals surface area contributed by atoms with E-state index in [1.807, 2.05) is 18.2 Å². The number of ether oxygens (including phenoxy) is 1. The van der Waals surface area contributed by atoms with Gasteiger partial charge in [0.05, 0.1) is 30.0 Å². The normalized spacial score (nSPS) is 16.5. The van der Waals surface area contributed by atoms with Gasteiger partial charge in [0.15, 0.2) is 0 Å². The number of nitrogens with zero attached hydrogens (tertiary/aromatic N) is 3. The van der Waals surface area contributed by atoms with Gasteiger partial charge in [0.25, 0.3) is 0 Å². The molecular formula is C22H22ClFN4OS. The van der Waals surface area contributed by atoms with Crippen molar-refractivity contribution in [1.29, 1.82) is 0 Å². The summed E-state index contributed by atoms with van der Waals surface area (Å²) in [5.41, 5.74) is 1.76. The number of morpholine rings is 1. The Balaban J connectivity index is 1.52. The van der Waals surface area contributed by atoms with Gasteiger partial charge < -0.3 is 14.4 Å². The van der Waals surface area contributed by atoms with Crippen molar-refractivity contribution in [3.8, 4) is 11.3 Å². The molecule has 4 rings (SSSR count). The van der Waals surface area contributed by atoms with E-state index in [2.05, 4.69) is 26.5 Å². The zero-order valence-electron chi connectivity index (χ0n) is 16.7. The van der Waals surface area contributed by atoms with Crippen LogP contribution in [0.15, 0.2) is 53.6 Å². The van der Waals surface area contributed by atoms with Crippen LogP contribution in [0.1, 0.15) is 12.5 Å². The molecule has 1 N–H and O–H groups in total. The van der Waals surface area contributed by atoms with Crippen LogP contribution in [0.25, 0.3) is 11.3 Å². The standard InChI is InChI=1S/C22H22ClFN4OS/c1-14-13-29-11-10-28(14)21-12-16(8-9-25-21)30-27-20-7-6-18(23)22(26-20)17-4-3-5-19(24)15(17)2/h3-9,12,14H,10-11,13H2,1-2H3,(H,26,27). The van der Waals surface area contributed by atoms with Gasteiger partial charge in [0, 0.05) is 23.2 Å². The van der Waals surface area contributed by atoms with Gasteiger partial charge in [-0.15, -0.1) is 0 Å². The van der Waals surface area contributed by atoms with E-state index in [9.17, 15) is 4.39 Å². The minimum Gasteiger partial charge on any atom is -0.377 e. The predicted octanol–water partition coefficient (Wildman–Crippen LogP) is 5.59. The van der Waals surface area contributed by atoms with Crippen LogP contribution in [0, 0.1) is 12.7 Å². The van der Waals surface area contributed by atoms with Crippen molar-refractivity contribution in [2.24, 2.45) is 0 Å². The van der Waals surface area contributed by atoms with E-state index in [-0.39, 0.29) is 11.9 Å². The fourth-order valence-electron chi connectivity index (χ4n) is 3.35. The number of benzene rings is 1. The lowest BCUT2D eigenvalue weighted by atomic mass is 10.0. The molecular weight excluding hydrogens is 423 g/mol. The summed E-state index contributed by atoms with van der Waals surface area (Å²) >= 11 is 7.79. The lowest BCUT2D eigenvalue weighted by molar-refractivity contribution is 0.0985. The van der Waals surface area contributed by atoms with Crippen molar-refractivity contribution >= 4 is 35.2 Å². The van der Waals surface area contributed by atoms with Gasteiger partial charge in [-0.3, -0.25) is 0 Å². The molecule has 1 atom stereocenters. The Kier molecular flexibility index (Phi) is 6.41. The van der Waals surface area contributed by atoms with Crippen molar-refractivity contribution < 1.29 is 9.13 Å². The maximum atomic E-state index is 14.0.